The highest BCUT2D eigenvalue weighted by molar-refractivity contribution is 5.83. The summed E-state index contributed by atoms with van der Waals surface area (Å²) in [5.74, 6) is 1.80. The van der Waals surface area contributed by atoms with Gasteiger partial charge >= 0.3 is 0 Å². The summed E-state index contributed by atoms with van der Waals surface area (Å²) in [6, 6.07) is 9.32. The van der Waals surface area contributed by atoms with E-state index in [1.54, 1.807) is 0 Å². The summed E-state index contributed by atoms with van der Waals surface area (Å²) in [4.78, 5) is 3.35. The van der Waals surface area contributed by atoms with E-state index in [1.807, 2.05) is 0 Å². The molecule has 1 aromatic heterocycles. The van der Waals surface area contributed by atoms with Crippen LogP contribution < -0.4 is 5.32 Å². The summed E-state index contributed by atoms with van der Waals surface area (Å²) in [5, 5.41) is 5.07. The summed E-state index contributed by atoms with van der Waals surface area (Å²) in [7, 11) is 0. The average Bonchev–Trinajstić information content (AvgIpc) is 2.75. The third-order valence-electron chi connectivity index (χ3n) is 4.62. The van der Waals surface area contributed by atoms with Crippen LogP contribution in [0.1, 0.15) is 32.3 Å². The number of fused-ring (bicyclic) bond motifs is 1. The number of nitrogens with one attached hydrogen (secondary N) is 2. The Bertz CT molecular complexity index is 535. The van der Waals surface area contributed by atoms with Crippen molar-refractivity contribution in [2.24, 2.45) is 11.8 Å². The van der Waals surface area contributed by atoms with Crippen molar-refractivity contribution in [3.63, 3.8) is 0 Å². The molecule has 0 bridgehead atoms. The van der Waals surface area contributed by atoms with Crippen molar-refractivity contribution in [1.82, 2.24) is 10.3 Å². The highest BCUT2D eigenvalue weighted by Gasteiger charge is 2.30. The molecule has 102 valence electrons. The fourth-order valence-electron chi connectivity index (χ4n) is 3.12. The molecule has 1 fully saturated rings. The number of hydrogen-bond donors (Lipinski definition) is 2. The van der Waals surface area contributed by atoms with Crippen LogP contribution in [-0.2, 0) is 6.42 Å². The van der Waals surface area contributed by atoms with Crippen LogP contribution in [-0.4, -0.2) is 17.6 Å². The van der Waals surface area contributed by atoms with Crippen LogP contribution in [0.5, 0.6) is 0 Å². The first-order valence-corrected chi connectivity index (χ1v) is 7.52. The number of aromatic amines is 1. The van der Waals surface area contributed by atoms with Crippen molar-refractivity contribution in [3.8, 4) is 0 Å². The first-order valence-electron chi connectivity index (χ1n) is 7.52. The first-order chi connectivity index (χ1) is 9.24. The zero-order chi connectivity index (χ0) is 13.2. The maximum absolute atomic E-state index is 3.69. The minimum atomic E-state index is 0.762. The molecule has 19 heavy (non-hydrogen) atoms. The fourth-order valence-corrected chi connectivity index (χ4v) is 3.12. The molecule has 2 heteroatoms. The van der Waals surface area contributed by atoms with Crippen molar-refractivity contribution in [3.05, 3.63) is 36.0 Å². The maximum Gasteiger partial charge on any atom is 0.0456 e. The van der Waals surface area contributed by atoms with Gasteiger partial charge in [0, 0.05) is 23.1 Å². The van der Waals surface area contributed by atoms with Gasteiger partial charge in [-0.3, -0.25) is 0 Å². The highest BCUT2D eigenvalue weighted by Crippen LogP contribution is 2.33. The Kier molecular flexibility index (Phi) is 3.61. The number of rotatable bonds is 5. The Hall–Kier alpha value is -1.28. The number of hydrogen-bond acceptors (Lipinski definition) is 1. The summed E-state index contributed by atoms with van der Waals surface area (Å²) >= 11 is 0. The van der Waals surface area contributed by atoms with Gasteiger partial charge in [0.1, 0.15) is 0 Å². The molecule has 0 unspecified atom stereocenters. The van der Waals surface area contributed by atoms with Crippen molar-refractivity contribution < 1.29 is 0 Å². The third-order valence-corrected chi connectivity index (χ3v) is 4.62. The van der Waals surface area contributed by atoms with Crippen LogP contribution in [0, 0.1) is 11.8 Å². The number of aromatic nitrogens is 1. The second kappa shape index (κ2) is 5.38. The molecule has 1 aliphatic carbocycles. The van der Waals surface area contributed by atoms with E-state index in [-0.39, 0.29) is 0 Å². The Balaban J connectivity index is 1.48. The van der Waals surface area contributed by atoms with E-state index in [4.69, 9.17) is 0 Å². The Morgan fingerprint density at radius 1 is 1.26 bits per heavy atom. The highest BCUT2D eigenvalue weighted by atomic mass is 14.9. The van der Waals surface area contributed by atoms with E-state index < -0.39 is 0 Å². The number of benzene rings is 1. The monoisotopic (exact) mass is 256 g/mol. The van der Waals surface area contributed by atoms with Crippen LogP contribution in [0.25, 0.3) is 10.9 Å². The predicted octanol–water partition coefficient (Wildman–Crippen LogP) is 3.73. The Morgan fingerprint density at radius 3 is 2.84 bits per heavy atom. The predicted molar refractivity (Wildman–Crippen MR) is 81.4 cm³/mol. The normalized spacial score (nSPS) is 22.9. The van der Waals surface area contributed by atoms with E-state index in [2.05, 4.69) is 54.6 Å². The second-order valence-electron chi connectivity index (χ2n) is 6.24. The molecule has 1 aromatic carbocycles. The van der Waals surface area contributed by atoms with Gasteiger partial charge in [-0.15, -0.1) is 0 Å². The number of para-hydroxylation sites is 1. The van der Waals surface area contributed by atoms with Crippen LogP contribution >= 0.6 is 0 Å². The molecule has 3 rings (SSSR count). The molecular weight excluding hydrogens is 232 g/mol. The SMILES string of the molecule is CC(C)C1CC(NCCc2c[nH]c3ccccc23)C1. The molecule has 0 spiro atoms. The third kappa shape index (κ3) is 2.69. The largest absolute Gasteiger partial charge is 0.361 e. The van der Waals surface area contributed by atoms with E-state index in [1.165, 1.54) is 29.3 Å². The summed E-state index contributed by atoms with van der Waals surface area (Å²) in [5.41, 5.74) is 2.68. The van der Waals surface area contributed by atoms with E-state index in [0.29, 0.717) is 0 Å². The van der Waals surface area contributed by atoms with Crippen molar-refractivity contribution in [2.75, 3.05) is 6.54 Å². The molecular formula is C17H24N2. The van der Waals surface area contributed by atoms with Crippen LogP contribution in [0.4, 0.5) is 0 Å². The summed E-state index contributed by atoms with van der Waals surface area (Å²) in [6.45, 7) is 5.77. The van der Waals surface area contributed by atoms with Gasteiger partial charge in [-0.25, -0.2) is 0 Å². The zero-order valence-electron chi connectivity index (χ0n) is 11.9. The molecule has 0 atom stereocenters. The maximum atomic E-state index is 3.69. The van der Waals surface area contributed by atoms with E-state index in [0.717, 1.165) is 30.8 Å². The lowest BCUT2D eigenvalue weighted by atomic mass is 9.73. The summed E-state index contributed by atoms with van der Waals surface area (Å²) in [6.07, 6.45) is 6.01. The molecule has 1 saturated carbocycles. The van der Waals surface area contributed by atoms with Crippen molar-refractivity contribution in [1.29, 1.82) is 0 Å². The number of H-pyrrole nitrogens is 1. The van der Waals surface area contributed by atoms with Gasteiger partial charge in [-0.2, -0.15) is 0 Å². The van der Waals surface area contributed by atoms with E-state index >= 15 is 0 Å². The smallest absolute Gasteiger partial charge is 0.0456 e. The lowest BCUT2D eigenvalue weighted by Gasteiger charge is -2.38. The van der Waals surface area contributed by atoms with Crippen LogP contribution in [0.2, 0.25) is 0 Å². The second-order valence-corrected chi connectivity index (χ2v) is 6.24. The minimum Gasteiger partial charge on any atom is -0.361 e. The molecule has 0 saturated heterocycles. The lowest BCUT2D eigenvalue weighted by molar-refractivity contribution is 0.169. The standard InChI is InChI=1S/C17H24N2/c1-12(2)14-9-15(10-14)18-8-7-13-11-19-17-6-4-3-5-16(13)17/h3-6,11-12,14-15,18-19H,7-10H2,1-2H3. The van der Waals surface area contributed by atoms with Gasteiger partial charge in [0.2, 0.25) is 0 Å². The van der Waals surface area contributed by atoms with Crippen molar-refractivity contribution in [2.45, 2.75) is 39.2 Å². The molecule has 0 radical (unpaired) electrons. The van der Waals surface area contributed by atoms with Crippen molar-refractivity contribution >= 4 is 10.9 Å². The molecule has 0 amide bonds. The molecule has 2 nitrogen and oxygen atoms in total. The molecule has 0 aliphatic heterocycles. The zero-order valence-corrected chi connectivity index (χ0v) is 11.9. The molecule has 2 N–H and O–H groups in total. The Morgan fingerprint density at radius 2 is 2.05 bits per heavy atom. The van der Waals surface area contributed by atoms with Crippen LogP contribution in [0.3, 0.4) is 0 Å². The van der Waals surface area contributed by atoms with Gasteiger partial charge in [-0.05, 0) is 49.3 Å². The average molecular weight is 256 g/mol. The fraction of sp³-hybridized carbons (Fsp3) is 0.529. The van der Waals surface area contributed by atoms with Crippen LogP contribution in [0.15, 0.2) is 30.5 Å². The lowest BCUT2D eigenvalue weighted by Crippen LogP contribution is -2.43. The molecule has 2 aromatic rings. The van der Waals surface area contributed by atoms with Gasteiger partial charge in [-0.1, -0.05) is 32.0 Å². The van der Waals surface area contributed by atoms with E-state index in [9.17, 15) is 0 Å². The van der Waals surface area contributed by atoms with Gasteiger partial charge in [0.05, 0.1) is 0 Å². The van der Waals surface area contributed by atoms with Gasteiger partial charge < -0.3 is 10.3 Å². The summed E-state index contributed by atoms with van der Waals surface area (Å²) < 4.78 is 0. The quantitative estimate of drug-likeness (QED) is 0.838. The van der Waals surface area contributed by atoms with Gasteiger partial charge in [0.15, 0.2) is 0 Å². The van der Waals surface area contributed by atoms with Gasteiger partial charge in [0.25, 0.3) is 0 Å². The minimum absolute atomic E-state index is 0.762. The topological polar surface area (TPSA) is 27.8 Å². The molecule has 1 aliphatic rings. The molecule has 1 heterocycles. The Labute approximate surface area is 115 Å². The first kappa shape index (κ1) is 12.7.